The van der Waals surface area contributed by atoms with Crippen molar-refractivity contribution in [2.24, 2.45) is 0 Å². The molecule has 1 heterocycles. The summed E-state index contributed by atoms with van der Waals surface area (Å²) in [6.45, 7) is 2.28. The van der Waals surface area contributed by atoms with Crippen molar-refractivity contribution < 1.29 is 23.8 Å². The van der Waals surface area contributed by atoms with Crippen LogP contribution < -0.4 is 9.64 Å². The Hall–Kier alpha value is -2.64. The molecule has 0 spiro atoms. The van der Waals surface area contributed by atoms with Gasteiger partial charge in [0.2, 0.25) is 0 Å². The summed E-state index contributed by atoms with van der Waals surface area (Å²) in [5, 5.41) is 9.13. The second-order valence-corrected chi connectivity index (χ2v) is 6.76. The molecule has 2 aromatic rings. The highest BCUT2D eigenvalue weighted by atomic mass is 32.2. The van der Waals surface area contributed by atoms with Crippen LogP contribution in [0.15, 0.2) is 53.4 Å². The van der Waals surface area contributed by atoms with E-state index >= 15 is 0 Å². The third-order valence-electron chi connectivity index (χ3n) is 3.92. The van der Waals surface area contributed by atoms with E-state index in [0.717, 1.165) is 16.7 Å². The molecule has 140 valence electrons. The molecule has 1 N–H and O–H groups in total. The summed E-state index contributed by atoms with van der Waals surface area (Å²) in [5.41, 5.74) is 1.15. The molecule has 3 rings (SSSR count). The Morgan fingerprint density at radius 1 is 1.04 bits per heavy atom. The van der Waals surface area contributed by atoms with Gasteiger partial charge in [-0.1, -0.05) is 12.1 Å². The minimum Gasteiger partial charge on any atom is -0.494 e. The van der Waals surface area contributed by atoms with Gasteiger partial charge >= 0.3 is 0 Å². The second kappa shape index (κ2) is 8.37. The average Bonchev–Trinajstić information content (AvgIpc) is 2.92. The number of hydrogen-bond acceptors (Lipinski definition) is 5. The van der Waals surface area contributed by atoms with E-state index in [0.29, 0.717) is 23.6 Å². The van der Waals surface area contributed by atoms with Crippen molar-refractivity contribution in [3.05, 3.63) is 64.8 Å². The molecule has 1 aliphatic rings. The van der Waals surface area contributed by atoms with E-state index in [4.69, 9.17) is 9.84 Å². The van der Waals surface area contributed by atoms with Crippen molar-refractivity contribution in [2.75, 3.05) is 23.9 Å². The van der Waals surface area contributed by atoms with Gasteiger partial charge in [-0.25, -0.2) is 9.29 Å². The second-order valence-electron chi connectivity index (χ2n) is 5.66. The van der Waals surface area contributed by atoms with Gasteiger partial charge in [-0.2, -0.15) is 0 Å². The standard InChI is InChI=1S/C20H18FNO4S/c1-2-26-16-9-3-13(4-10-16)17-18(27-12-11-23)20(25)22(19(17)24)15-7-5-14(21)6-8-15/h3-10,23H,2,11-12H2,1H3. The van der Waals surface area contributed by atoms with Gasteiger partial charge in [0.25, 0.3) is 11.8 Å². The molecular formula is C20H18FNO4S. The smallest absolute Gasteiger partial charge is 0.272 e. The lowest BCUT2D eigenvalue weighted by Crippen LogP contribution is -2.31. The first-order valence-corrected chi connectivity index (χ1v) is 9.41. The molecule has 0 fully saturated rings. The van der Waals surface area contributed by atoms with E-state index < -0.39 is 17.6 Å². The SMILES string of the molecule is CCOc1ccc(C2=C(SCCO)C(=O)N(c3ccc(F)cc3)C2=O)cc1. The Balaban J connectivity index is 2.01. The minimum absolute atomic E-state index is 0.122. The number of aliphatic hydroxyl groups is 1. The lowest BCUT2D eigenvalue weighted by atomic mass is 10.1. The van der Waals surface area contributed by atoms with Crippen molar-refractivity contribution in [3.63, 3.8) is 0 Å². The quantitative estimate of drug-likeness (QED) is 0.739. The number of imide groups is 1. The van der Waals surface area contributed by atoms with Crippen LogP contribution >= 0.6 is 11.8 Å². The highest BCUT2D eigenvalue weighted by Crippen LogP contribution is 2.38. The van der Waals surface area contributed by atoms with Crippen LogP contribution in [0.4, 0.5) is 10.1 Å². The number of thioether (sulfide) groups is 1. The molecule has 2 aromatic carbocycles. The lowest BCUT2D eigenvalue weighted by molar-refractivity contribution is -0.119. The molecule has 27 heavy (non-hydrogen) atoms. The average molecular weight is 387 g/mol. The molecule has 2 amide bonds. The van der Waals surface area contributed by atoms with Crippen LogP contribution in [-0.4, -0.2) is 35.9 Å². The zero-order chi connectivity index (χ0) is 19.4. The van der Waals surface area contributed by atoms with E-state index in [1.807, 2.05) is 6.92 Å². The minimum atomic E-state index is -0.478. The van der Waals surface area contributed by atoms with Crippen LogP contribution in [0.5, 0.6) is 5.75 Å². The van der Waals surface area contributed by atoms with Crippen molar-refractivity contribution in [1.29, 1.82) is 0 Å². The molecule has 0 aromatic heterocycles. The first-order chi connectivity index (χ1) is 13.1. The maximum atomic E-state index is 13.2. The summed E-state index contributed by atoms with van der Waals surface area (Å²) in [6, 6.07) is 12.1. The molecular weight excluding hydrogens is 369 g/mol. The van der Waals surface area contributed by atoms with Crippen LogP contribution in [0.3, 0.4) is 0 Å². The molecule has 0 radical (unpaired) electrons. The molecule has 0 atom stereocenters. The largest absolute Gasteiger partial charge is 0.494 e. The number of carbonyl (C=O) groups excluding carboxylic acids is 2. The number of nitrogens with zero attached hydrogens (tertiary/aromatic N) is 1. The number of rotatable bonds is 7. The fraction of sp³-hybridized carbons (Fsp3) is 0.200. The first kappa shape index (κ1) is 19.1. The van der Waals surface area contributed by atoms with Gasteiger partial charge in [0.05, 0.1) is 29.4 Å². The Kier molecular flexibility index (Phi) is 5.93. The summed E-state index contributed by atoms with van der Waals surface area (Å²) in [5.74, 6) is -0.456. The van der Waals surface area contributed by atoms with Gasteiger partial charge in [0.1, 0.15) is 11.6 Å². The van der Waals surface area contributed by atoms with Gasteiger partial charge in [-0.3, -0.25) is 9.59 Å². The Bertz CT molecular complexity index is 878. The predicted octanol–water partition coefficient (Wildman–Crippen LogP) is 3.23. The number of benzene rings is 2. The maximum absolute atomic E-state index is 13.2. The third kappa shape index (κ3) is 3.89. The molecule has 0 saturated carbocycles. The molecule has 7 heteroatoms. The van der Waals surface area contributed by atoms with Gasteiger partial charge in [0, 0.05) is 5.75 Å². The Morgan fingerprint density at radius 2 is 1.70 bits per heavy atom. The molecule has 1 aliphatic heterocycles. The number of amides is 2. The number of anilines is 1. The van der Waals surface area contributed by atoms with E-state index in [1.54, 1.807) is 24.3 Å². The van der Waals surface area contributed by atoms with Crippen LogP contribution in [0.2, 0.25) is 0 Å². The third-order valence-corrected chi connectivity index (χ3v) is 4.97. The van der Waals surface area contributed by atoms with Gasteiger partial charge in [0.15, 0.2) is 0 Å². The van der Waals surface area contributed by atoms with Crippen molar-refractivity contribution in [1.82, 2.24) is 0 Å². The van der Waals surface area contributed by atoms with E-state index in [2.05, 4.69) is 0 Å². The van der Waals surface area contributed by atoms with Gasteiger partial charge in [-0.05, 0) is 48.9 Å². The molecule has 0 saturated heterocycles. The van der Waals surface area contributed by atoms with E-state index in [9.17, 15) is 14.0 Å². The monoisotopic (exact) mass is 387 g/mol. The Labute approximate surface area is 160 Å². The molecule has 0 aliphatic carbocycles. The summed E-state index contributed by atoms with van der Waals surface area (Å²) in [4.78, 5) is 27.2. The number of carbonyl (C=O) groups is 2. The van der Waals surface area contributed by atoms with Crippen LogP contribution in [-0.2, 0) is 9.59 Å². The van der Waals surface area contributed by atoms with E-state index in [-0.39, 0.29) is 22.8 Å². The van der Waals surface area contributed by atoms with Crippen LogP contribution in [0, 0.1) is 5.82 Å². The predicted molar refractivity (Wildman–Crippen MR) is 103 cm³/mol. The topological polar surface area (TPSA) is 66.8 Å². The molecule has 5 nitrogen and oxygen atoms in total. The van der Waals surface area contributed by atoms with Crippen LogP contribution in [0.25, 0.3) is 5.57 Å². The fourth-order valence-electron chi connectivity index (χ4n) is 2.75. The highest BCUT2D eigenvalue weighted by molar-refractivity contribution is 8.04. The summed E-state index contributed by atoms with van der Waals surface area (Å²) < 4.78 is 18.6. The fourth-order valence-corrected chi connectivity index (χ4v) is 3.61. The van der Waals surface area contributed by atoms with E-state index in [1.165, 1.54) is 24.3 Å². The maximum Gasteiger partial charge on any atom is 0.272 e. The van der Waals surface area contributed by atoms with Crippen LogP contribution in [0.1, 0.15) is 12.5 Å². The number of hydrogen-bond donors (Lipinski definition) is 1. The van der Waals surface area contributed by atoms with Gasteiger partial charge in [-0.15, -0.1) is 11.8 Å². The highest BCUT2D eigenvalue weighted by Gasteiger charge is 2.40. The zero-order valence-corrected chi connectivity index (χ0v) is 15.5. The Morgan fingerprint density at radius 3 is 2.30 bits per heavy atom. The zero-order valence-electron chi connectivity index (χ0n) is 14.6. The molecule has 0 unspecified atom stereocenters. The van der Waals surface area contributed by atoms with Crippen molar-refractivity contribution >= 4 is 34.8 Å². The number of aliphatic hydroxyl groups excluding tert-OH is 1. The van der Waals surface area contributed by atoms with Crippen molar-refractivity contribution in [2.45, 2.75) is 6.92 Å². The number of halogens is 1. The normalized spacial score (nSPS) is 14.3. The van der Waals surface area contributed by atoms with Crippen molar-refractivity contribution in [3.8, 4) is 5.75 Å². The molecule has 0 bridgehead atoms. The first-order valence-electron chi connectivity index (χ1n) is 8.42. The summed E-state index contributed by atoms with van der Waals surface area (Å²) in [6.07, 6.45) is 0. The summed E-state index contributed by atoms with van der Waals surface area (Å²) >= 11 is 1.13. The van der Waals surface area contributed by atoms with Gasteiger partial charge < -0.3 is 9.84 Å². The summed E-state index contributed by atoms with van der Waals surface area (Å²) in [7, 11) is 0. The number of ether oxygens (including phenoxy) is 1. The lowest BCUT2D eigenvalue weighted by Gasteiger charge is -2.15.